The van der Waals surface area contributed by atoms with Crippen LogP contribution in [0.2, 0.25) is 0 Å². The first kappa shape index (κ1) is 10.5. The normalized spacial score (nSPS) is 14.9. The van der Waals surface area contributed by atoms with Crippen molar-refractivity contribution >= 4 is 15.9 Å². The van der Waals surface area contributed by atoms with E-state index in [9.17, 15) is 5.11 Å². The number of aliphatic hydroxyl groups is 1. The fourth-order valence-electron chi connectivity index (χ4n) is 1.50. The first-order valence-electron chi connectivity index (χ1n) is 4.62. The molecule has 15 heavy (non-hydrogen) atoms. The van der Waals surface area contributed by atoms with Gasteiger partial charge in [-0.15, -0.1) is 0 Å². The van der Waals surface area contributed by atoms with E-state index in [1.807, 2.05) is 24.3 Å². The van der Waals surface area contributed by atoms with E-state index in [4.69, 9.17) is 4.42 Å². The Bertz CT molecular complexity index is 446. The summed E-state index contributed by atoms with van der Waals surface area (Å²) in [5.74, 6) is 0. The largest absolute Gasteiger partial charge is 0.472 e. The number of furan rings is 1. The third-order valence-corrected chi connectivity index (χ3v) is 2.96. The van der Waals surface area contributed by atoms with Crippen molar-refractivity contribution in [1.29, 1.82) is 0 Å². The third kappa shape index (κ3) is 1.98. The molecule has 0 fully saturated rings. The summed E-state index contributed by atoms with van der Waals surface area (Å²) in [5.41, 5.74) is 0.565. The molecular weight excluding hydrogens is 256 g/mol. The Hall–Kier alpha value is -1.06. The highest BCUT2D eigenvalue weighted by molar-refractivity contribution is 9.10. The molecule has 0 aliphatic rings. The zero-order valence-corrected chi connectivity index (χ0v) is 9.86. The highest BCUT2D eigenvalue weighted by Gasteiger charge is 2.26. The molecule has 0 bridgehead atoms. The minimum Gasteiger partial charge on any atom is -0.472 e. The predicted octanol–water partition coefficient (Wildman–Crippen LogP) is 3.30. The molecule has 78 valence electrons. The fourth-order valence-corrected chi connectivity index (χ4v) is 1.90. The van der Waals surface area contributed by atoms with Gasteiger partial charge in [0.25, 0.3) is 0 Å². The van der Waals surface area contributed by atoms with Gasteiger partial charge in [-0.2, -0.15) is 0 Å². The lowest BCUT2D eigenvalue weighted by Crippen LogP contribution is -2.21. The lowest BCUT2D eigenvalue weighted by molar-refractivity contribution is 0.101. The summed E-state index contributed by atoms with van der Waals surface area (Å²) in [7, 11) is 0. The molecule has 1 N–H and O–H groups in total. The van der Waals surface area contributed by atoms with Crippen molar-refractivity contribution in [3.8, 4) is 0 Å². The van der Waals surface area contributed by atoms with E-state index in [-0.39, 0.29) is 0 Å². The Morgan fingerprint density at radius 1 is 1.27 bits per heavy atom. The molecule has 3 heteroatoms. The van der Waals surface area contributed by atoms with Gasteiger partial charge in [0.2, 0.25) is 0 Å². The van der Waals surface area contributed by atoms with Crippen LogP contribution in [0.25, 0.3) is 0 Å². The van der Waals surface area contributed by atoms with Crippen molar-refractivity contribution < 1.29 is 9.52 Å². The Morgan fingerprint density at radius 3 is 2.67 bits per heavy atom. The van der Waals surface area contributed by atoms with Crippen LogP contribution < -0.4 is 0 Å². The van der Waals surface area contributed by atoms with E-state index in [1.54, 1.807) is 25.5 Å². The minimum absolute atomic E-state index is 0.751. The first-order valence-corrected chi connectivity index (χ1v) is 5.41. The predicted molar refractivity (Wildman–Crippen MR) is 61.5 cm³/mol. The molecule has 2 aromatic rings. The van der Waals surface area contributed by atoms with Gasteiger partial charge in [-0.3, -0.25) is 0 Å². The SMILES string of the molecule is CC(O)(c1ccoc1)c1cccc(Br)c1. The third-order valence-electron chi connectivity index (χ3n) is 2.47. The van der Waals surface area contributed by atoms with Crippen molar-refractivity contribution in [3.05, 3.63) is 58.5 Å². The van der Waals surface area contributed by atoms with E-state index < -0.39 is 5.60 Å². The van der Waals surface area contributed by atoms with Gasteiger partial charge in [0.15, 0.2) is 0 Å². The van der Waals surface area contributed by atoms with Gasteiger partial charge in [-0.05, 0) is 30.7 Å². The van der Waals surface area contributed by atoms with E-state index in [1.165, 1.54) is 0 Å². The Labute approximate surface area is 96.7 Å². The van der Waals surface area contributed by atoms with Crippen LogP contribution in [0.4, 0.5) is 0 Å². The van der Waals surface area contributed by atoms with Crippen LogP contribution in [0.1, 0.15) is 18.1 Å². The zero-order valence-electron chi connectivity index (χ0n) is 8.27. The molecular formula is C12H11BrO2. The Balaban J connectivity index is 2.46. The second-order valence-electron chi connectivity index (χ2n) is 3.59. The number of rotatable bonds is 2. The molecule has 0 saturated carbocycles. The average molecular weight is 267 g/mol. The van der Waals surface area contributed by atoms with Crippen LogP contribution in [0.5, 0.6) is 0 Å². The Morgan fingerprint density at radius 2 is 2.07 bits per heavy atom. The summed E-state index contributed by atoms with van der Waals surface area (Å²) < 4.78 is 5.93. The van der Waals surface area contributed by atoms with Crippen LogP contribution >= 0.6 is 15.9 Å². The van der Waals surface area contributed by atoms with Gasteiger partial charge in [-0.1, -0.05) is 28.1 Å². The maximum atomic E-state index is 10.4. The highest BCUT2D eigenvalue weighted by atomic mass is 79.9. The standard InChI is InChI=1S/C12H11BrO2/c1-12(14,10-5-6-15-8-10)9-3-2-4-11(13)7-9/h2-8,14H,1H3. The van der Waals surface area contributed by atoms with Crippen molar-refractivity contribution in [2.24, 2.45) is 0 Å². The second kappa shape index (κ2) is 3.83. The van der Waals surface area contributed by atoms with Gasteiger partial charge in [-0.25, -0.2) is 0 Å². The van der Waals surface area contributed by atoms with Crippen LogP contribution in [0.15, 0.2) is 51.7 Å². The number of hydrogen-bond donors (Lipinski definition) is 1. The zero-order chi connectivity index (χ0) is 10.9. The summed E-state index contributed by atoms with van der Waals surface area (Å²) in [6.07, 6.45) is 3.11. The van der Waals surface area contributed by atoms with Crippen molar-refractivity contribution in [2.45, 2.75) is 12.5 Å². The molecule has 0 saturated heterocycles. The summed E-state index contributed by atoms with van der Waals surface area (Å²) in [6, 6.07) is 9.37. The minimum atomic E-state index is -1.02. The van der Waals surface area contributed by atoms with Crippen molar-refractivity contribution in [1.82, 2.24) is 0 Å². The molecule has 0 amide bonds. The summed E-state index contributed by atoms with van der Waals surface area (Å²) >= 11 is 3.38. The number of hydrogen-bond acceptors (Lipinski definition) is 2. The quantitative estimate of drug-likeness (QED) is 0.905. The lowest BCUT2D eigenvalue weighted by Gasteiger charge is -2.22. The Kier molecular flexibility index (Phi) is 2.67. The summed E-state index contributed by atoms with van der Waals surface area (Å²) in [5, 5.41) is 10.4. The van der Waals surface area contributed by atoms with E-state index in [0.717, 1.165) is 15.6 Å². The lowest BCUT2D eigenvalue weighted by atomic mass is 9.90. The molecule has 1 aromatic heterocycles. The molecule has 2 nitrogen and oxygen atoms in total. The first-order chi connectivity index (χ1) is 7.10. The van der Waals surface area contributed by atoms with Gasteiger partial charge >= 0.3 is 0 Å². The van der Waals surface area contributed by atoms with Crippen LogP contribution in [0, 0.1) is 0 Å². The fraction of sp³-hybridized carbons (Fsp3) is 0.167. The van der Waals surface area contributed by atoms with E-state index in [2.05, 4.69) is 15.9 Å². The molecule has 1 atom stereocenters. The molecule has 1 aromatic carbocycles. The van der Waals surface area contributed by atoms with Crippen molar-refractivity contribution in [3.63, 3.8) is 0 Å². The average Bonchev–Trinajstić information content (AvgIpc) is 2.71. The van der Waals surface area contributed by atoms with E-state index >= 15 is 0 Å². The molecule has 1 heterocycles. The number of benzene rings is 1. The van der Waals surface area contributed by atoms with Crippen LogP contribution in [-0.2, 0) is 5.60 Å². The smallest absolute Gasteiger partial charge is 0.115 e. The van der Waals surface area contributed by atoms with Crippen LogP contribution in [0.3, 0.4) is 0 Å². The monoisotopic (exact) mass is 266 g/mol. The molecule has 0 spiro atoms. The highest BCUT2D eigenvalue weighted by Crippen LogP contribution is 2.30. The summed E-state index contributed by atoms with van der Waals surface area (Å²) in [4.78, 5) is 0. The second-order valence-corrected chi connectivity index (χ2v) is 4.51. The topological polar surface area (TPSA) is 33.4 Å². The maximum absolute atomic E-state index is 10.4. The van der Waals surface area contributed by atoms with Gasteiger partial charge in [0.1, 0.15) is 5.60 Å². The van der Waals surface area contributed by atoms with Gasteiger partial charge in [0.05, 0.1) is 12.5 Å². The molecule has 1 unspecified atom stereocenters. The summed E-state index contributed by atoms with van der Waals surface area (Å²) in [6.45, 7) is 1.75. The van der Waals surface area contributed by atoms with Crippen LogP contribution in [-0.4, -0.2) is 5.11 Å². The molecule has 0 radical (unpaired) electrons. The number of halogens is 1. The van der Waals surface area contributed by atoms with Crippen molar-refractivity contribution in [2.75, 3.05) is 0 Å². The van der Waals surface area contributed by atoms with Gasteiger partial charge in [0, 0.05) is 10.0 Å². The maximum Gasteiger partial charge on any atom is 0.115 e. The van der Waals surface area contributed by atoms with Gasteiger partial charge < -0.3 is 9.52 Å². The van der Waals surface area contributed by atoms with E-state index in [0.29, 0.717) is 0 Å². The molecule has 0 aliphatic heterocycles. The molecule has 2 rings (SSSR count). The molecule has 0 aliphatic carbocycles.